The van der Waals surface area contributed by atoms with Gasteiger partial charge in [0.1, 0.15) is 5.78 Å². The molecule has 0 N–H and O–H groups in total. The first kappa shape index (κ1) is 8.98. The van der Waals surface area contributed by atoms with Crippen molar-refractivity contribution in [3.63, 3.8) is 0 Å². The minimum absolute atomic E-state index is 0.0829. The summed E-state index contributed by atoms with van der Waals surface area (Å²) in [5, 5.41) is 0. The van der Waals surface area contributed by atoms with Crippen molar-refractivity contribution in [2.75, 3.05) is 0 Å². The molecule has 1 nitrogen and oxygen atoms in total. The van der Waals surface area contributed by atoms with Crippen LogP contribution in [0.3, 0.4) is 0 Å². The van der Waals surface area contributed by atoms with Gasteiger partial charge in [0.2, 0.25) is 0 Å². The van der Waals surface area contributed by atoms with E-state index in [1.807, 2.05) is 6.08 Å². The van der Waals surface area contributed by atoms with Crippen molar-refractivity contribution in [2.24, 2.45) is 11.3 Å². The van der Waals surface area contributed by atoms with Crippen molar-refractivity contribution >= 4 is 5.78 Å². The van der Waals surface area contributed by atoms with Crippen molar-refractivity contribution in [1.82, 2.24) is 0 Å². The first-order chi connectivity index (χ1) is 6.29. The molecule has 0 saturated heterocycles. The van der Waals surface area contributed by atoms with Gasteiger partial charge in [-0.05, 0) is 25.2 Å². The summed E-state index contributed by atoms with van der Waals surface area (Å²) in [4.78, 5) is 11.6. The third kappa shape index (κ3) is 1.25. The largest absolute Gasteiger partial charge is 0.299 e. The molecule has 72 valence electrons. The van der Waals surface area contributed by atoms with E-state index in [1.54, 1.807) is 0 Å². The normalized spacial score (nSPS) is 35.5. The Bertz CT molecular complexity index is 225. The number of carbonyl (C=O) groups excluding carboxylic acids is 1. The van der Waals surface area contributed by atoms with Gasteiger partial charge < -0.3 is 0 Å². The number of hydrogen-bond acceptors (Lipinski definition) is 1. The van der Waals surface area contributed by atoms with Gasteiger partial charge in [-0.2, -0.15) is 0 Å². The van der Waals surface area contributed by atoms with Crippen LogP contribution in [-0.4, -0.2) is 5.78 Å². The molecule has 2 aliphatic rings. The van der Waals surface area contributed by atoms with Crippen molar-refractivity contribution in [1.29, 1.82) is 0 Å². The molecular formula is C12H18O. The zero-order valence-corrected chi connectivity index (χ0v) is 8.22. The second-order valence-corrected chi connectivity index (χ2v) is 4.50. The van der Waals surface area contributed by atoms with Crippen LogP contribution in [0.1, 0.15) is 44.9 Å². The average Bonchev–Trinajstić information content (AvgIpc) is 2.19. The van der Waals surface area contributed by atoms with Crippen LogP contribution in [0.4, 0.5) is 0 Å². The maximum absolute atomic E-state index is 11.6. The Morgan fingerprint density at radius 2 is 2.00 bits per heavy atom. The zero-order valence-electron chi connectivity index (χ0n) is 8.22. The molecule has 0 aromatic carbocycles. The number of Topliss-reactive ketones (excluding diaryl/α,β-unsaturated/α-hetero) is 1. The Morgan fingerprint density at radius 1 is 1.31 bits per heavy atom. The summed E-state index contributed by atoms with van der Waals surface area (Å²) in [5.74, 6) is 1.08. The second-order valence-electron chi connectivity index (χ2n) is 4.50. The Kier molecular flexibility index (Phi) is 2.27. The van der Waals surface area contributed by atoms with Crippen LogP contribution < -0.4 is 0 Å². The van der Waals surface area contributed by atoms with E-state index >= 15 is 0 Å². The van der Waals surface area contributed by atoms with Gasteiger partial charge in [-0.15, -0.1) is 6.58 Å². The predicted octanol–water partition coefficient (Wildman–Crippen LogP) is 3.10. The van der Waals surface area contributed by atoms with Crippen LogP contribution >= 0.6 is 0 Å². The summed E-state index contributed by atoms with van der Waals surface area (Å²) in [6, 6.07) is 0. The highest BCUT2D eigenvalue weighted by Gasteiger charge is 2.48. The lowest BCUT2D eigenvalue weighted by Gasteiger charge is -2.45. The quantitative estimate of drug-likeness (QED) is 0.594. The molecule has 1 heteroatoms. The lowest BCUT2D eigenvalue weighted by Crippen LogP contribution is -2.45. The summed E-state index contributed by atoms with van der Waals surface area (Å²) in [6.45, 7) is 3.86. The molecule has 2 rings (SSSR count). The van der Waals surface area contributed by atoms with Crippen molar-refractivity contribution < 1.29 is 4.79 Å². The molecule has 0 aromatic heterocycles. The van der Waals surface area contributed by atoms with Gasteiger partial charge in [0.15, 0.2) is 0 Å². The second kappa shape index (κ2) is 3.28. The van der Waals surface area contributed by atoms with Gasteiger partial charge in [0.25, 0.3) is 0 Å². The van der Waals surface area contributed by atoms with Gasteiger partial charge >= 0.3 is 0 Å². The molecule has 0 heterocycles. The third-order valence-electron chi connectivity index (χ3n) is 3.98. The lowest BCUT2D eigenvalue weighted by atomic mass is 9.57. The summed E-state index contributed by atoms with van der Waals surface area (Å²) in [7, 11) is 0. The maximum Gasteiger partial charge on any atom is 0.143 e. The van der Waals surface area contributed by atoms with Crippen molar-refractivity contribution in [2.45, 2.75) is 44.9 Å². The van der Waals surface area contributed by atoms with Crippen LogP contribution in [0.25, 0.3) is 0 Å². The van der Waals surface area contributed by atoms with E-state index < -0.39 is 0 Å². The molecule has 0 aliphatic heterocycles. The first-order valence-corrected chi connectivity index (χ1v) is 5.46. The van der Waals surface area contributed by atoms with E-state index in [1.165, 1.54) is 32.1 Å². The van der Waals surface area contributed by atoms with Crippen LogP contribution in [0.2, 0.25) is 0 Å². The van der Waals surface area contributed by atoms with E-state index in [-0.39, 0.29) is 5.41 Å². The minimum Gasteiger partial charge on any atom is -0.299 e. The molecule has 2 aliphatic carbocycles. The fourth-order valence-corrected chi connectivity index (χ4v) is 2.95. The maximum atomic E-state index is 11.6. The lowest BCUT2D eigenvalue weighted by molar-refractivity contribution is -0.139. The first-order valence-electron chi connectivity index (χ1n) is 5.46. The smallest absolute Gasteiger partial charge is 0.143 e. The molecule has 1 atom stereocenters. The molecule has 0 spiro atoms. The fourth-order valence-electron chi connectivity index (χ4n) is 2.95. The molecule has 13 heavy (non-hydrogen) atoms. The molecule has 0 bridgehead atoms. The van der Waals surface area contributed by atoms with E-state index in [4.69, 9.17) is 0 Å². The SMILES string of the molecule is C=C[C@]1(C2CCCCC2)CCC1=O. The zero-order chi connectivity index (χ0) is 9.31. The molecular weight excluding hydrogens is 160 g/mol. The summed E-state index contributed by atoms with van der Waals surface area (Å²) in [5.41, 5.74) is -0.0829. The van der Waals surface area contributed by atoms with Gasteiger partial charge in [-0.3, -0.25) is 4.79 Å². The third-order valence-corrected chi connectivity index (χ3v) is 3.98. The predicted molar refractivity (Wildman–Crippen MR) is 53.4 cm³/mol. The van der Waals surface area contributed by atoms with Crippen molar-refractivity contribution in [3.8, 4) is 0 Å². The highest BCUT2D eigenvalue weighted by Crippen LogP contribution is 2.50. The van der Waals surface area contributed by atoms with Gasteiger partial charge in [0, 0.05) is 11.8 Å². The van der Waals surface area contributed by atoms with E-state index in [0.717, 1.165) is 12.8 Å². The Morgan fingerprint density at radius 3 is 2.38 bits per heavy atom. The highest BCUT2D eigenvalue weighted by atomic mass is 16.1. The van der Waals surface area contributed by atoms with Gasteiger partial charge in [-0.1, -0.05) is 25.3 Å². The highest BCUT2D eigenvalue weighted by molar-refractivity contribution is 5.92. The fraction of sp³-hybridized carbons (Fsp3) is 0.750. The number of carbonyl (C=O) groups is 1. The van der Waals surface area contributed by atoms with E-state index in [9.17, 15) is 4.79 Å². The van der Waals surface area contributed by atoms with Gasteiger partial charge in [-0.25, -0.2) is 0 Å². The van der Waals surface area contributed by atoms with Crippen LogP contribution in [0, 0.1) is 11.3 Å². The van der Waals surface area contributed by atoms with E-state index in [0.29, 0.717) is 11.7 Å². The molecule has 2 fully saturated rings. The summed E-state index contributed by atoms with van der Waals surface area (Å²) >= 11 is 0. The summed E-state index contributed by atoms with van der Waals surface area (Å²) in [6.07, 6.45) is 10.3. The molecule has 0 unspecified atom stereocenters. The number of rotatable bonds is 2. The van der Waals surface area contributed by atoms with Crippen LogP contribution in [0.15, 0.2) is 12.7 Å². The van der Waals surface area contributed by atoms with Gasteiger partial charge in [0.05, 0.1) is 0 Å². The topological polar surface area (TPSA) is 17.1 Å². The number of allylic oxidation sites excluding steroid dienone is 1. The number of hydrogen-bond donors (Lipinski definition) is 0. The molecule has 0 amide bonds. The molecule has 0 aromatic rings. The molecule has 2 saturated carbocycles. The average molecular weight is 178 g/mol. The minimum atomic E-state index is -0.0829. The van der Waals surface area contributed by atoms with E-state index in [2.05, 4.69) is 6.58 Å². The Balaban J connectivity index is 2.11. The summed E-state index contributed by atoms with van der Waals surface area (Å²) < 4.78 is 0. The van der Waals surface area contributed by atoms with Crippen LogP contribution in [0.5, 0.6) is 0 Å². The Labute approximate surface area is 80.2 Å². The molecule has 0 radical (unpaired) electrons. The number of ketones is 1. The standard InChI is InChI=1S/C12H18O/c1-2-12(9-8-11(12)13)10-6-4-3-5-7-10/h2,10H,1,3-9H2/t12-/m1/s1. The van der Waals surface area contributed by atoms with Crippen LogP contribution in [-0.2, 0) is 4.79 Å². The Hall–Kier alpha value is -0.590. The van der Waals surface area contributed by atoms with Crippen molar-refractivity contribution in [3.05, 3.63) is 12.7 Å². The monoisotopic (exact) mass is 178 g/mol.